The SMILES string of the molecule is CC1CN(CC2(CNC3CC3)CCCCC2)CCCO1. The Bertz CT molecular complexity index is 297. The van der Waals surface area contributed by atoms with Gasteiger partial charge in [-0.1, -0.05) is 19.3 Å². The van der Waals surface area contributed by atoms with E-state index >= 15 is 0 Å². The maximum atomic E-state index is 5.81. The van der Waals surface area contributed by atoms with E-state index in [1.165, 1.54) is 71.0 Å². The molecule has 2 aliphatic carbocycles. The predicted octanol–water partition coefficient (Wildman–Crippen LogP) is 2.80. The lowest BCUT2D eigenvalue weighted by atomic mass is 9.73. The molecule has 0 aromatic heterocycles. The van der Waals surface area contributed by atoms with Crippen molar-refractivity contribution in [2.24, 2.45) is 5.41 Å². The van der Waals surface area contributed by atoms with Crippen LogP contribution in [0.15, 0.2) is 0 Å². The lowest BCUT2D eigenvalue weighted by molar-refractivity contribution is 0.0515. The fraction of sp³-hybridized carbons (Fsp3) is 1.00. The Morgan fingerprint density at radius 2 is 1.95 bits per heavy atom. The molecular weight excluding hydrogens is 248 g/mol. The summed E-state index contributed by atoms with van der Waals surface area (Å²) in [5.41, 5.74) is 0.547. The van der Waals surface area contributed by atoms with Crippen molar-refractivity contribution in [1.82, 2.24) is 10.2 Å². The van der Waals surface area contributed by atoms with Gasteiger partial charge in [-0.2, -0.15) is 0 Å². The van der Waals surface area contributed by atoms with Crippen LogP contribution in [0, 0.1) is 5.41 Å². The van der Waals surface area contributed by atoms with E-state index in [-0.39, 0.29) is 0 Å². The van der Waals surface area contributed by atoms with E-state index in [9.17, 15) is 0 Å². The molecule has 0 amide bonds. The van der Waals surface area contributed by atoms with Crippen LogP contribution >= 0.6 is 0 Å². The second-order valence-electron chi connectivity index (χ2n) is 7.49. The van der Waals surface area contributed by atoms with Gasteiger partial charge in [0.1, 0.15) is 0 Å². The maximum Gasteiger partial charge on any atom is 0.0673 e. The molecule has 1 atom stereocenters. The van der Waals surface area contributed by atoms with E-state index < -0.39 is 0 Å². The van der Waals surface area contributed by atoms with Crippen molar-refractivity contribution in [3.8, 4) is 0 Å². The average molecular weight is 280 g/mol. The molecule has 3 aliphatic rings. The van der Waals surface area contributed by atoms with E-state index in [4.69, 9.17) is 4.74 Å². The van der Waals surface area contributed by atoms with Gasteiger partial charge < -0.3 is 15.0 Å². The topological polar surface area (TPSA) is 24.5 Å². The zero-order valence-corrected chi connectivity index (χ0v) is 13.2. The summed E-state index contributed by atoms with van der Waals surface area (Å²) in [4.78, 5) is 2.69. The highest BCUT2D eigenvalue weighted by Gasteiger charge is 2.36. The predicted molar refractivity (Wildman–Crippen MR) is 83.0 cm³/mol. The van der Waals surface area contributed by atoms with Crippen molar-refractivity contribution in [1.29, 1.82) is 0 Å². The van der Waals surface area contributed by atoms with Crippen LogP contribution in [0.5, 0.6) is 0 Å². The second kappa shape index (κ2) is 6.76. The lowest BCUT2D eigenvalue weighted by Gasteiger charge is -2.41. The number of hydrogen-bond acceptors (Lipinski definition) is 3. The Kier molecular flexibility index (Phi) is 5.00. The van der Waals surface area contributed by atoms with Crippen molar-refractivity contribution in [3.05, 3.63) is 0 Å². The van der Waals surface area contributed by atoms with Crippen LogP contribution in [-0.4, -0.2) is 49.8 Å². The Morgan fingerprint density at radius 1 is 1.15 bits per heavy atom. The summed E-state index contributed by atoms with van der Waals surface area (Å²) < 4.78 is 5.81. The molecule has 0 aromatic rings. The first-order chi connectivity index (χ1) is 9.76. The molecule has 0 radical (unpaired) electrons. The molecule has 1 N–H and O–H groups in total. The van der Waals surface area contributed by atoms with Gasteiger partial charge in [-0.05, 0) is 44.4 Å². The van der Waals surface area contributed by atoms with E-state index in [1.54, 1.807) is 0 Å². The first-order valence-corrected chi connectivity index (χ1v) is 8.83. The van der Waals surface area contributed by atoms with E-state index in [1.807, 2.05) is 0 Å². The van der Waals surface area contributed by atoms with Crippen LogP contribution in [0.2, 0.25) is 0 Å². The third kappa shape index (κ3) is 4.19. The Morgan fingerprint density at radius 3 is 2.70 bits per heavy atom. The molecule has 20 heavy (non-hydrogen) atoms. The van der Waals surface area contributed by atoms with E-state index in [0.717, 1.165) is 19.2 Å². The third-order valence-corrected chi connectivity index (χ3v) is 5.35. The molecule has 3 fully saturated rings. The van der Waals surface area contributed by atoms with Gasteiger partial charge in [0.15, 0.2) is 0 Å². The number of ether oxygens (including phenoxy) is 1. The quantitative estimate of drug-likeness (QED) is 0.838. The smallest absolute Gasteiger partial charge is 0.0673 e. The minimum absolute atomic E-state index is 0.412. The molecule has 3 nitrogen and oxygen atoms in total. The Labute approximate surface area is 124 Å². The first-order valence-electron chi connectivity index (χ1n) is 8.83. The Balaban J connectivity index is 1.58. The van der Waals surface area contributed by atoms with Crippen LogP contribution in [0.1, 0.15) is 58.3 Å². The molecule has 1 saturated heterocycles. The maximum absolute atomic E-state index is 5.81. The van der Waals surface area contributed by atoms with Crippen LogP contribution in [0.25, 0.3) is 0 Å². The van der Waals surface area contributed by atoms with E-state index in [2.05, 4.69) is 17.1 Å². The second-order valence-corrected chi connectivity index (χ2v) is 7.49. The zero-order chi connectivity index (χ0) is 13.8. The molecular formula is C17H32N2O. The number of rotatable bonds is 5. The molecule has 0 bridgehead atoms. The molecule has 116 valence electrons. The summed E-state index contributed by atoms with van der Waals surface area (Å²) in [6, 6.07) is 0.847. The molecule has 1 unspecified atom stereocenters. The fourth-order valence-corrected chi connectivity index (χ4v) is 4.04. The summed E-state index contributed by atoms with van der Waals surface area (Å²) in [6.45, 7) is 8.09. The van der Waals surface area contributed by atoms with Gasteiger partial charge in [0.25, 0.3) is 0 Å². The normalized spacial score (nSPS) is 31.9. The minimum Gasteiger partial charge on any atom is -0.377 e. The highest BCUT2D eigenvalue weighted by molar-refractivity contribution is 4.92. The number of nitrogens with one attached hydrogen (secondary N) is 1. The molecule has 3 heteroatoms. The van der Waals surface area contributed by atoms with Crippen molar-refractivity contribution in [2.75, 3.05) is 32.8 Å². The summed E-state index contributed by atoms with van der Waals surface area (Å²) >= 11 is 0. The van der Waals surface area contributed by atoms with Crippen LogP contribution in [0.4, 0.5) is 0 Å². The molecule has 0 aromatic carbocycles. The molecule has 1 heterocycles. The lowest BCUT2D eigenvalue weighted by Crippen LogP contribution is -2.47. The van der Waals surface area contributed by atoms with Gasteiger partial charge in [0, 0.05) is 38.8 Å². The monoisotopic (exact) mass is 280 g/mol. The van der Waals surface area contributed by atoms with Gasteiger partial charge in [-0.25, -0.2) is 0 Å². The highest BCUT2D eigenvalue weighted by Crippen LogP contribution is 2.37. The van der Waals surface area contributed by atoms with Crippen LogP contribution in [-0.2, 0) is 4.74 Å². The summed E-state index contributed by atoms with van der Waals surface area (Å²) in [5, 5.41) is 3.83. The standard InChI is InChI=1S/C17H32N2O/c1-15-12-19(10-5-11-20-15)14-17(8-3-2-4-9-17)13-18-16-6-7-16/h15-16,18H,2-14H2,1H3. The van der Waals surface area contributed by atoms with Crippen molar-refractivity contribution in [2.45, 2.75) is 70.4 Å². The fourth-order valence-electron chi connectivity index (χ4n) is 4.04. The van der Waals surface area contributed by atoms with E-state index in [0.29, 0.717) is 11.5 Å². The summed E-state index contributed by atoms with van der Waals surface area (Å²) in [7, 11) is 0. The molecule has 0 spiro atoms. The van der Waals surface area contributed by atoms with Crippen molar-refractivity contribution >= 4 is 0 Å². The molecule has 3 rings (SSSR count). The summed E-state index contributed by atoms with van der Waals surface area (Å²) in [6.07, 6.45) is 11.6. The summed E-state index contributed by atoms with van der Waals surface area (Å²) in [5.74, 6) is 0. The zero-order valence-electron chi connectivity index (χ0n) is 13.2. The van der Waals surface area contributed by atoms with Gasteiger partial charge in [0.05, 0.1) is 6.10 Å². The molecule has 2 saturated carbocycles. The minimum atomic E-state index is 0.412. The first kappa shape index (κ1) is 14.8. The van der Waals surface area contributed by atoms with Gasteiger partial charge in [0.2, 0.25) is 0 Å². The third-order valence-electron chi connectivity index (χ3n) is 5.35. The van der Waals surface area contributed by atoms with Crippen LogP contribution < -0.4 is 5.32 Å². The Hall–Kier alpha value is -0.120. The van der Waals surface area contributed by atoms with Gasteiger partial charge in [-0.3, -0.25) is 0 Å². The van der Waals surface area contributed by atoms with Crippen LogP contribution in [0.3, 0.4) is 0 Å². The highest BCUT2D eigenvalue weighted by atomic mass is 16.5. The van der Waals surface area contributed by atoms with Crippen molar-refractivity contribution < 1.29 is 4.74 Å². The van der Waals surface area contributed by atoms with Gasteiger partial charge >= 0.3 is 0 Å². The molecule has 1 aliphatic heterocycles. The van der Waals surface area contributed by atoms with Crippen molar-refractivity contribution in [3.63, 3.8) is 0 Å². The largest absolute Gasteiger partial charge is 0.377 e. The number of hydrogen-bond donors (Lipinski definition) is 1. The number of nitrogens with zero attached hydrogens (tertiary/aromatic N) is 1. The average Bonchev–Trinajstić information content (AvgIpc) is 3.27. The van der Waals surface area contributed by atoms with Gasteiger partial charge in [-0.15, -0.1) is 0 Å².